The molecular weight excluding hydrogens is 841 g/mol. The van der Waals surface area contributed by atoms with Crippen molar-refractivity contribution < 1.29 is 28.6 Å². The van der Waals surface area contributed by atoms with Gasteiger partial charge in [-0.2, -0.15) is 0 Å². The largest absolute Gasteiger partial charge is 0.462 e. The normalized spacial score (nSPS) is 12.3. The number of ether oxygens (including phenoxy) is 3. The van der Waals surface area contributed by atoms with Gasteiger partial charge in [-0.3, -0.25) is 14.4 Å². The van der Waals surface area contributed by atoms with E-state index in [0.717, 1.165) is 70.6 Å². The van der Waals surface area contributed by atoms with Gasteiger partial charge in [0.2, 0.25) is 0 Å². The third-order valence-corrected chi connectivity index (χ3v) is 13.1. The quantitative estimate of drug-likeness (QED) is 0.0262. The molecule has 0 amide bonds. The molecule has 1 unspecified atom stereocenters. The molecule has 1 atom stereocenters. The molecule has 0 fully saturated rings. The first-order valence-corrected chi connectivity index (χ1v) is 29.6. The number of carbonyl (C=O) groups is 3. The second kappa shape index (κ2) is 57.0. The second-order valence-corrected chi connectivity index (χ2v) is 19.9. The summed E-state index contributed by atoms with van der Waals surface area (Å²) >= 11 is 0. The van der Waals surface area contributed by atoms with E-state index in [1.807, 2.05) is 0 Å². The molecule has 0 saturated heterocycles. The number of esters is 3. The van der Waals surface area contributed by atoms with E-state index in [1.54, 1.807) is 0 Å². The van der Waals surface area contributed by atoms with Gasteiger partial charge in [0.05, 0.1) is 0 Å². The Labute approximate surface area is 422 Å². The van der Waals surface area contributed by atoms with Crippen molar-refractivity contribution >= 4 is 17.9 Å². The van der Waals surface area contributed by atoms with Crippen LogP contribution in [0.15, 0.2) is 48.6 Å². The number of carbonyl (C=O) groups excluding carboxylic acids is 3. The Balaban J connectivity index is 4.19. The number of hydrogen-bond donors (Lipinski definition) is 0. The second-order valence-electron chi connectivity index (χ2n) is 19.9. The highest BCUT2D eigenvalue weighted by Gasteiger charge is 2.19. The van der Waals surface area contributed by atoms with Crippen LogP contribution < -0.4 is 0 Å². The summed E-state index contributed by atoms with van der Waals surface area (Å²) in [5, 5.41) is 0. The predicted molar refractivity (Wildman–Crippen MR) is 293 cm³/mol. The van der Waals surface area contributed by atoms with Gasteiger partial charge in [0.15, 0.2) is 6.10 Å². The summed E-state index contributed by atoms with van der Waals surface area (Å²) in [6, 6.07) is 0. The van der Waals surface area contributed by atoms with E-state index in [-0.39, 0.29) is 31.1 Å². The van der Waals surface area contributed by atoms with Crippen molar-refractivity contribution in [3.05, 3.63) is 48.6 Å². The number of rotatable bonds is 54. The third kappa shape index (κ3) is 54.3. The fourth-order valence-electron chi connectivity index (χ4n) is 8.56. The van der Waals surface area contributed by atoms with Crippen LogP contribution in [-0.4, -0.2) is 37.2 Å². The van der Waals surface area contributed by atoms with Crippen molar-refractivity contribution in [2.45, 2.75) is 316 Å². The van der Waals surface area contributed by atoms with Crippen LogP contribution >= 0.6 is 0 Å². The van der Waals surface area contributed by atoms with Crippen molar-refractivity contribution in [1.29, 1.82) is 0 Å². The molecule has 0 heterocycles. The fourth-order valence-corrected chi connectivity index (χ4v) is 8.56. The average molecular weight is 954 g/mol. The van der Waals surface area contributed by atoms with Crippen LogP contribution in [0.3, 0.4) is 0 Å². The zero-order valence-electron chi connectivity index (χ0n) is 45.4. The number of unbranched alkanes of at least 4 members (excludes halogenated alkanes) is 35. The van der Waals surface area contributed by atoms with Crippen molar-refractivity contribution in [1.82, 2.24) is 0 Å². The molecule has 68 heavy (non-hydrogen) atoms. The van der Waals surface area contributed by atoms with Crippen LogP contribution in [0.2, 0.25) is 0 Å². The highest BCUT2D eigenvalue weighted by atomic mass is 16.6. The molecule has 0 aromatic heterocycles. The lowest BCUT2D eigenvalue weighted by Crippen LogP contribution is -2.30. The molecule has 0 aromatic rings. The van der Waals surface area contributed by atoms with Crippen LogP contribution in [0.5, 0.6) is 0 Å². The van der Waals surface area contributed by atoms with Gasteiger partial charge in [-0.1, -0.05) is 256 Å². The monoisotopic (exact) mass is 953 g/mol. The van der Waals surface area contributed by atoms with Gasteiger partial charge >= 0.3 is 17.9 Å². The van der Waals surface area contributed by atoms with Gasteiger partial charge in [0.25, 0.3) is 0 Å². The topological polar surface area (TPSA) is 78.9 Å². The zero-order chi connectivity index (χ0) is 49.3. The average Bonchev–Trinajstić information content (AvgIpc) is 3.34. The lowest BCUT2D eigenvalue weighted by molar-refractivity contribution is -0.167. The van der Waals surface area contributed by atoms with Crippen molar-refractivity contribution in [3.63, 3.8) is 0 Å². The molecule has 0 spiro atoms. The Kier molecular flexibility index (Phi) is 54.8. The van der Waals surface area contributed by atoms with Crippen molar-refractivity contribution in [2.24, 2.45) is 0 Å². The molecule has 6 heteroatoms. The first kappa shape index (κ1) is 65.4. The third-order valence-electron chi connectivity index (χ3n) is 13.1. The maximum atomic E-state index is 12.8. The van der Waals surface area contributed by atoms with E-state index < -0.39 is 6.10 Å². The summed E-state index contributed by atoms with van der Waals surface area (Å²) in [6.45, 7) is 6.62. The van der Waals surface area contributed by atoms with Crippen LogP contribution in [0.4, 0.5) is 0 Å². The van der Waals surface area contributed by atoms with Crippen LogP contribution in [0.1, 0.15) is 310 Å². The first-order chi connectivity index (χ1) is 33.5. The molecule has 0 aliphatic carbocycles. The summed E-state index contributed by atoms with van der Waals surface area (Å²) in [7, 11) is 0. The van der Waals surface area contributed by atoms with Crippen molar-refractivity contribution in [2.75, 3.05) is 13.2 Å². The lowest BCUT2D eigenvalue weighted by atomic mass is 10.1. The Hall–Kier alpha value is -2.63. The van der Waals surface area contributed by atoms with E-state index in [9.17, 15) is 14.4 Å². The fraction of sp³-hybridized carbons (Fsp3) is 0.823. The summed E-state index contributed by atoms with van der Waals surface area (Å²) in [5.74, 6) is -0.873. The first-order valence-electron chi connectivity index (χ1n) is 29.6. The maximum Gasteiger partial charge on any atom is 0.306 e. The molecule has 0 bridgehead atoms. The Morgan fingerprint density at radius 2 is 0.529 bits per heavy atom. The smallest absolute Gasteiger partial charge is 0.306 e. The van der Waals surface area contributed by atoms with Gasteiger partial charge in [-0.05, 0) is 83.5 Å². The molecule has 0 N–H and O–H groups in total. The Morgan fingerprint density at radius 1 is 0.294 bits per heavy atom. The van der Waals surface area contributed by atoms with E-state index in [0.29, 0.717) is 19.3 Å². The molecule has 0 aromatic carbocycles. The minimum Gasteiger partial charge on any atom is -0.462 e. The molecule has 396 valence electrons. The highest BCUT2D eigenvalue weighted by molar-refractivity contribution is 5.71. The van der Waals surface area contributed by atoms with E-state index in [4.69, 9.17) is 14.2 Å². The standard InChI is InChI=1S/C62H112O6/c1-4-7-10-13-16-19-21-23-25-27-28-29-30-31-32-33-34-36-37-39-41-43-46-49-52-55-61(64)67-58-59(57-66-60(63)54-51-48-45-18-15-12-9-6-3)68-62(65)56-53-50-47-44-42-40-38-35-26-24-22-20-17-14-11-8-5-2/h21,23-24,26-28,30-31,59H,4-20,22,25,29,32-58H2,1-3H3/b23-21-,26-24-,28-27-,31-30-. The summed E-state index contributed by atoms with van der Waals surface area (Å²) in [5.41, 5.74) is 0. The van der Waals surface area contributed by atoms with E-state index >= 15 is 0 Å². The maximum absolute atomic E-state index is 12.8. The molecule has 0 aliphatic heterocycles. The zero-order valence-corrected chi connectivity index (χ0v) is 45.4. The lowest BCUT2D eigenvalue weighted by Gasteiger charge is -2.18. The number of hydrogen-bond acceptors (Lipinski definition) is 6. The molecule has 6 nitrogen and oxygen atoms in total. The summed E-state index contributed by atoms with van der Waals surface area (Å²) < 4.78 is 16.8. The molecule has 0 saturated carbocycles. The van der Waals surface area contributed by atoms with Crippen LogP contribution in [-0.2, 0) is 28.6 Å². The van der Waals surface area contributed by atoms with Gasteiger partial charge in [0, 0.05) is 19.3 Å². The molecule has 0 rings (SSSR count). The van der Waals surface area contributed by atoms with Gasteiger partial charge in [-0.15, -0.1) is 0 Å². The van der Waals surface area contributed by atoms with Gasteiger partial charge in [0.1, 0.15) is 13.2 Å². The van der Waals surface area contributed by atoms with Gasteiger partial charge < -0.3 is 14.2 Å². The van der Waals surface area contributed by atoms with Crippen LogP contribution in [0, 0.1) is 0 Å². The van der Waals surface area contributed by atoms with E-state index in [2.05, 4.69) is 69.4 Å². The summed E-state index contributed by atoms with van der Waals surface area (Å²) in [4.78, 5) is 38.0. The molecule has 0 aliphatic rings. The number of allylic oxidation sites excluding steroid dienone is 8. The SMILES string of the molecule is CCCCCCC/C=C\C/C=C\C/C=C\CCCCCCCCCCCCC(=O)OCC(COC(=O)CCCCCCCCCC)OC(=O)CCCCCCCCC/C=C\CCCCCCCC. The Bertz CT molecular complexity index is 1190. The molecule has 0 radical (unpaired) electrons. The minimum atomic E-state index is -0.773. The van der Waals surface area contributed by atoms with Crippen LogP contribution in [0.25, 0.3) is 0 Å². The predicted octanol–water partition coefficient (Wildman–Crippen LogP) is 19.8. The van der Waals surface area contributed by atoms with Crippen molar-refractivity contribution in [3.8, 4) is 0 Å². The minimum absolute atomic E-state index is 0.0736. The highest BCUT2D eigenvalue weighted by Crippen LogP contribution is 2.16. The summed E-state index contributed by atoms with van der Waals surface area (Å²) in [6.07, 6.45) is 69.8. The van der Waals surface area contributed by atoms with Gasteiger partial charge in [-0.25, -0.2) is 0 Å². The molecular formula is C62H112O6. The Morgan fingerprint density at radius 3 is 0.838 bits per heavy atom. The van der Waals surface area contributed by atoms with E-state index in [1.165, 1.54) is 199 Å².